The van der Waals surface area contributed by atoms with Gasteiger partial charge in [0.25, 0.3) is 0 Å². The van der Waals surface area contributed by atoms with E-state index in [-0.39, 0.29) is 0 Å². The summed E-state index contributed by atoms with van der Waals surface area (Å²) in [7, 11) is 0. The van der Waals surface area contributed by atoms with E-state index in [0.29, 0.717) is 17.2 Å². The standard InChI is InChI=1S/C13H9NO2/c15-10-14-12-8-4-5-9-13(12)16-11-6-2-1-3-7-11/h1-9H. The molecule has 0 amide bonds. The van der Waals surface area contributed by atoms with Crippen LogP contribution in [0.25, 0.3) is 0 Å². The quantitative estimate of drug-likeness (QED) is 0.576. The van der Waals surface area contributed by atoms with Crippen molar-refractivity contribution in [2.24, 2.45) is 4.99 Å². The van der Waals surface area contributed by atoms with Crippen LogP contribution < -0.4 is 4.74 Å². The Morgan fingerprint density at radius 3 is 2.38 bits per heavy atom. The highest BCUT2D eigenvalue weighted by molar-refractivity contribution is 5.58. The lowest BCUT2D eigenvalue weighted by Crippen LogP contribution is -1.83. The third-order valence-corrected chi connectivity index (χ3v) is 2.00. The Morgan fingerprint density at radius 2 is 1.62 bits per heavy atom. The van der Waals surface area contributed by atoms with Crippen LogP contribution in [-0.2, 0) is 4.79 Å². The minimum absolute atomic E-state index is 0.473. The molecule has 2 rings (SSSR count). The van der Waals surface area contributed by atoms with Gasteiger partial charge in [0.2, 0.25) is 6.08 Å². The van der Waals surface area contributed by atoms with Crippen molar-refractivity contribution in [2.75, 3.05) is 0 Å². The van der Waals surface area contributed by atoms with Crippen molar-refractivity contribution >= 4 is 11.8 Å². The first-order chi connectivity index (χ1) is 7.90. The molecular weight excluding hydrogens is 202 g/mol. The van der Waals surface area contributed by atoms with Crippen molar-refractivity contribution in [3.63, 3.8) is 0 Å². The van der Waals surface area contributed by atoms with E-state index in [1.165, 1.54) is 6.08 Å². The number of hydrogen-bond acceptors (Lipinski definition) is 3. The Morgan fingerprint density at radius 1 is 0.938 bits per heavy atom. The highest BCUT2D eigenvalue weighted by Crippen LogP contribution is 2.30. The molecule has 3 heteroatoms. The highest BCUT2D eigenvalue weighted by Gasteiger charge is 2.02. The van der Waals surface area contributed by atoms with Crippen molar-refractivity contribution < 1.29 is 9.53 Å². The number of benzene rings is 2. The van der Waals surface area contributed by atoms with Gasteiger partial charge in [-0.15, -0.1) is 0 Å². The van der Waals surface area contributed by atoms with Crippen LogP contribution in [0.15, 0.2) is 59.6 Å². The van der Waals surface area contributed by atoms with Crippen molar-refractivity contribution in [3.8, 4) is 11.5 Å². The summed E-state index contributed by atoms with van der Waals surface area (Å²) in [5, 5.41) is 0. The third kappa shape index (κ3) is 2.35. The van der Waals surface area contributed by atoms with Crippen LogP contribution in [0.3, 0.4) is 0 Å². The Kier molecular flexibility index (Phi) is 3.12. The zero-order valence-corrected chi connectivity index (χ0v) is 8.46. The van der Waals surface area contributed by atoms with Gasteiger partial charge in [-0.2, -0.15) is 4.99 Å². The average molecular weight is 211 g/mol. The summed E-state index contributed by atoms with van der Waals surface area (Å²) in [6.07, 6.45) is 1.51. The molecule has 0 saturated carbocycles. The number of nitrogens with zero attached hydrogens (tertiary/aromatic N) is 1. The minimum Gasteiger partial charge on any atom is -0.455 e. The van der Waals surface area contributed by atoms with E-state index in [1.807, 2.05) is 36.4 Å². The lowest BCUT2D eigenvalue weighted by atomic mass is 10.3. The SMILES string of the molecule is O=C=Nc1ccccc1Oc1ccccc1. The van der Waals surface area contributed by atoms with E-state index < -0.39 is 0 Å². The van der Waals surface area contributed by atoms with Crippen LogP contribution in [0.5, 0.6) is 11.5 Å². The van der Waals surface area contributed by atoms with E-state index in [2.05, 4.69) is 4.99 Å². The van der Waals surface area contributed by atoms with Crippen LogP contribution in [0.4, 0.5) is 5.69 Å². The first-order valence-electron chi connectivity index (χ1n) is 4.80. The molecule has 0 aromatic heterocycles. The van der Waals surface area contributed by atoms with E-state index in [9.17, 15) is 4.79 Å². The zero-order chi connectivity index (χ0) is 11.2. The molecule has 0 atom stereocenters. The number of ether oxygens (including phenoxy) is 1. The number of aliphatic imine (C=N–C) groups is 1. The second kappa shape index (κ2) is 4.91. The molecule has 0 fully saturated rings. The van der Waals surface area contributed by atoms with Crippen molar-refractivity contribution in [3.05, 3.63) is 54.6 Å². The van der Waals surface area contributed by atoms with Gasteiger partial charge in [-0.1, -0.05) is 30.3 Å². The van der Waals surface area contributed by atoms with Crippen LogP contribution in [0, 0.1) is 0 Å². The molecule has 0 heterocycles. The van der Waals surface area contributed by atoms with E-state index in [0.717, 1.165) is 0 Å². The van der Waals surface area contributed by atoms with Crippen molar-refractivity contribution in [1.82, 2.24) is 0 Å². The van der Waals surface area contributed by atoms with Gasteiger partial charge in [-0.05, 0) is 24.3 Å². The first kappa shape index (κ1) is 10.1. The van der Waals surface area contributed by atoms with Crippen molar-refractivity contribution in [1.29, 1.82) is 0 Å². The summed E-state index contributed by atoms with van der Waals surface area (Å²) in [5.41, 5.74) is 0.473. The van der Waals surface area contributed by atoms with Gasteiger partial charge >= 0.3 is 0 Å². The lowest BCUT2D eigenvalue weighted by Gasteiger charge is -2.06. The van der Waals surface area contributed by atoms with E-state index in [1.54, 1.807) is 18.2 Å². The minimum atomic E-state index is 0.473. The van der Waals surface area contributed by atoms with E-state index >= 15 is 0 Å². The summed E-state index contributed by atoms with van der Waals surface area (Å²) < 4.78 is 5.59. The van der Waals surface area contributed by atoms with Crippen LogP contribution in [-0.4, -0.2) is 6.08 Å². The van der Waals surface area contributed by atoms with Gasteiger partial charge in [0.05, 0.1) is 0 Å². The summed E-state index contributed by atoms with van der Waals surface area (Å²) in [4.78, 5) is 13.8. The number of rotatable bonds is 3. The maximum Gasteiger partial charge on any atom is 0.240 e. The molecule has 3 nitrogen and oxygen atoms in total. The molecule has 0 radical (unpaired) electrons. The number of isocyanates is 1. The molecule has 0 spiro atoms. The molecular formula is C13H9NO2. The fourth-order valence-electron chi connectivity index (χ4n) is 1.30. The third-order valence-electron chi connectivity index (χ3n) is 2.00. The highest BCUT2D eigenvalue weighted by atomic mass is 16.5. The molecule has 0 bridgehead atoms. The summed E-state index contributed by atoms with van der Waals surface area (Å²) in [6.45, 7) is 0. The fraction of sp³-hybridized carbons (Fsp3) is 0. The molecule has 78 valence electrons. The largest absolute Gasteiger partial charge is 0.455 e. The Bertz CT molecular complexity index is 516. The smallest absolute Gasteiger partial charge is 0.240 e. The molecule has 2 aromatic carbocycles. The molecule has 0 unspecified atom stereocenters. The molecule has 2 aromatic rings. The predicted octanol–water partition coefficient (Wildman–Crippen LogP) is 3.45. The van der Waals surface area contributed by atoms with Gasteiger partial charge in [0.1, 0.15) is 11.4 Å². The van der Waals surface area contributed by atoms with Gasteiger partial charge in [-0.25, -0.2) is 4.79 Å². The van der Waals surface area contributed by atoms with Crippen LogP contribution in [0.1, 0.15) is 0 Å². The van der Waals surface area contributed by atoms with Crippen LogP contribution in [0.2, 0.25) is 0 Å². The first-order valence-corrected chi connectivity index (χ1v) is 4.80. The summed E-state index contributed by atoms with van der Waals surface area (Å²) in [6, 6.07) is 16.4. The molecule has 0 aliphatic carbocycles. The monoisotopic (exact) mass is 211 g/mol. The number of carbonyl (C=O) groups excluding carboxylic acids is 1. The predicted molar refractivity (Wildman–Crippen MR) is 60.7 cm³/mol. The van der Waals surface area contributed by atoms with Crippen LogP contribution >= 0.6 is 0 Å². The van der Waals surface area contributed by atoms with Crippen molar-refractivity contribution in [2.45, 2.75) is 0 Å². The lowest BCUT2D eigenvalue weighted by molar-refractivity contribution is 0.484. The topological polar surface area (TPSA) is 38.7 Å². The maximum atomic E-state index is 10.2. The Hall–Kier alpha value is -2.38. The van der Waals surface area contributed by atoms with Gasteiger partial charge in [0.15, 0.2) is 5.75 Å². The zero-order valence-electron chi connectivity index (χ0n) is 8.46. The second-order valence-electron chi connectivity index (χ2n) is 3.09. The maximum absolute atomic E-state index is 10.2. The number of para-hydroxylation sites is 3. The van der Waals surface area contributed by atoms with E-state index in [4.69, 9.17) is 4.74 Å². The van der Waals surface area contributed by atoms with Gasteiger partial charge in [0, 0.05) is 0 Å². The summed E-state index contributed by atoms with van der Waals surface area (Å²) >= 11 is 0. The summed E-state index contributed by atoms with van der Waals surface area (Å²) in [5.74, 6) is 1.24. The number of hydrogen-bond donors (Lipinski definition) is 0. The Balaban J connectivity index is 2.31. The molecule has 16 heavy (non-hydrogen) atoms. The second-order valence-corrected chi connectivity index (χ2v) is 3.09. The molecule has 0 saturated heterocycles. The molecule has 0 N–H and O–H groups in total. The average Bonchev–Trinajstić information content (AvgIpc) is 2.33. The van der Waals surface area contributed by atoms with Gasteiger partial charge in [-0.3, -0.25) is 0 Å². The molecule has 0 aliphatic rings. The van der Waals surface area contributed by atoms with Gasteiger partial charge < -0.3 is 4.74 Å². The Labute approximate surface area is 93.0 Å². The normalized spacial score (nSPS) is 9.25. The fourth-order valence-corrected chi connectivity index (χ4v) is 1.30. The molecule has 0 aliphatic heterocycles.